The Kier molecular flexibility index (Phi) is 5.11. The van der Waals surface area contributed by atoms with Crippen LogP contribution in [-0.4, -0.2) is 37.6 Å². The minimum atomic E-state index is 0.974. The van der Waals surface area contributed by atoms with Crippen LogP contribution < -0.4 is 5.32 Å². The third-order valence-corrected chi connectivity index (χ3v) is 4.28. The van der Waals surface area contributed by atoms with Crippen LogP contribution in [0.25, 0.3) is 0 Å². The Balaban J connectivity index is 1.71. The molecule has 0 aromatic heterocycles. The molecule has 2 aliphatic rings. The Morgan fingerprint density at radius 3 is 2.69 bits per heavy atom. The zero-order chi connectivity index (χ0) is 11.2. The van der Waals surface area contributed by atoms with E-state index >= 15 is 0 Å². The average molecular weight is 224 g/mol. The van der Waals surface area contributed by atoms with E-state index in [2.05, 4.69) is 17.1 Å². The quantitative estimate of drug-likeness (QED) is 0.789. The Morgan fingerprint density at radius 1 is 1.12 bits per heavy atom. The first kappa shape index (κ1) is 12.4. The normalized spacial score (nSPS) is 29.4. The van der Waals surface area contributed by atoms with Crippen LogP contribution >= 0.6 is 0 Å². The molecule has 0 radical (unpaired) electrons. The Labute approximate surface area is 101 Å². The molecule has 1 atom stereocenters. The summed E-state index contributed by atoms with van der Waals surface area (Å²) in [4.78, 5) is 2.75. The summed E-state index contributed by atoms with van der Waals surface area (Å²) < 4.78 is 0. The zero-order valence-electron chi connectivity index (χ0n) is 10.9. The smallest absolute Gasteiger partial charge is 0.00107 e. The lowest BCUT2D eigenvalue weighted by molar-refractivity contribution is 0.135. The molecule has 0 aromatic carbocycles. The molecular formula is C14H28N2. The maximum Gasteiger partial charge on any atom is 0.00107 e. The lowest BCUT2D eigenvalue weighted by atomic mass is 9.91. The van der Waals surface area contributed by atoms with Crippen molar-refractivity contribution in [1.29, 1.82) is 0 Å². The van der Waals surface area contributed by atoms with Crippen LogP contribution in [0.2, 0.25) is 0 Å². The highest BCUT2D eigenvalue weighted by molar-refractivity contribution is 4.77. The van der Waals surface area contributed by atoms with E-state index in [4.69, 9.17) is 0 Å². The highest BCUT2D eigenvalue weighted by Crippen LogP contribution is 2.23. The molecule has 0 aliphatic carbocycles. The summed E-state index contributed by atoms with van der Waals surface area (Å²) in [5.74, 6) is 1.97. The fourth-order valence-corrected chi connectivity index (χ4v) is 3.39. The Bertz CT molecular complexity index is 185. The Morgan fingerprint density at radius 2 is 1.94 bits per heavy atom. The summed E-state index contributed by atoms with van der Waals surface area (Å²) in [6.07, 6.45) is 8.53. The monoisotopic (exact) mass is 224 g/mol. The molecule has 0 saturated carbocycles. The van der Waals surface area contributed by atoms with Gasteiger partial charge in [0.25, 0.3) is 0 Å². The van der Waals surface area contributed by atoms with Crippen LogP contribution in [-0.2, 0) is 0 Å². The van der Waals surface area contributed by atoms with Crippen molar-refractivity contribution in [2.75, 3.05) is 32.7 Å². The number of nitrogens with zero attached hydrogens (tertiary/aromatic N) is 1. The summed E-state index contributed by atoms with van der Waals surface area (Å²) in [6.45, 7) is 8.95. The lowest BCUT2D eigenvalue weighted by Crippen LogP contribution is -2.41. The van der Waals surface area contributed by atoms with Crippen LogP contribution in [0.3, 0.4) is 0 Å². The minimum Gasteiger partial charge on any atom is -0.317 e. The lowest BCUT2D eigenvalue weighted by Gasteiger charge is -2.36. The second-order valence-corrected chi connectivity index (χ2v) is 5.75. The first-order valence-electron chi connectivity index (χ1n) is 7.31. The summed E-state index contributed by atoms with van der Waals surface area (Å²) in [6, 6.07) is 0. The van der Waals surface area contributed by atoms with Gasteiger partial charge in [0.2, 0.25) is 0 Å². The van der Waals surface area contributed by atoms with Gasteiger partial charge in [-0.3, -0.25) is 0 Å². The molecule has 0 amide bonds. The molecule has 2 saturated heterocycles. The fraction of sp³-hybridized carbons (Fsp3) is 1.00. The van der Waals surface area contributed by atoms with E-state index in [1.54, 1.807) is 0 Å². The fourth-order valence-electron chi connectivity index (χ4n) is 3.39. The highest BCUT2D eigenvalue weighted by atomic mass is 15.1. The third-order valence-electron chi connectivity index (χ3n) is 4.28. The summed E-state index contributed by atoms with van der Waals surface area (Å²) >= 11 is 0. The third kappa shape index (κ3) is 3.74. The number of hydrogen-bond donors (Lipinski definition) is 1. The molecule has 0 aromatic rings. The molecule has 2 nitrogen and oxygen atoms in total. The van der Waals surface area contributed by atoms with Gasteiger partial charge in [-0.15, -0.1) is 0 Å². The second kappa shape index (κ2) is 6.61. The number of likely N-dealkylation sites (tertiary alicyclic amines) is 1. The van der Waals surface area contributed by atoms with Crippen molar-refractivity contribution >= 4 is 0 Å². The molecule has 2 rings (SSSR count). The van der Waals surface area contributed by atoms with Crippen molar-refractivity contribution in [3.05, 3.63) is 0 Å². The van der Waals surface area contributed by atoms with E-state index in [0.717, 1.165) is 11.8 Å². The standard InChI is InChI=1S/C14H28N2/c1-2-4-13-5-3-10-16(11-13)12-14-6-8-15-9-7-14/h13-15H,2-12H2,1H3. The highest BCUT2D eigenvalue weighted by Gasteiger charge is 2.22. The van der Waals surface area contributed by atoms with Gasteiger partial charge in [-0.2, -0.15) is 0 Å². The van der Waals surface area contributed by atoms with E-state index in [1.165, 1.54) is 71.2 Å². The predicted octanol–water partition coefficient (Wildman–Crippen LogP) is 2.50. The summed E-state index contributed by atoms with van der Waals surface area (Å²) in [5.41, 5.74) is 0. The van der Waals surface area contributed by atoms with Crippen molar-refractivity contribution in [1.82, 2.24) is 10.2 Å². The van der Waals surface area contributed by atoms with Gasteiger partial charge in [0, 0.05) is 13.1 Å². The maximum atomic E-state index is 3.46. The van der Waals surface area contributed by atoms with Crippen molar-refractivity contribution in [2.24, 2.45) is 11.8 Å². The second-order valence-electron chi connectivity index (χ2n) is 5.75. The first-order valence-corrected chi connectivity index (χ1v) is 7.31. The van der Waals surface area contributed by atoms with E-state index in [9.17, 15) is 0 Å². The molecule has 2 heteroatoms. The topological polar surface area (TPSA) is 15.3 Å². The largest absolute Gasteiger partial charge is 0.317 e. The van der Waals surface area contributed by atoms with E-state index in [0.29, 0.717) is 0 Å². The molecule has 2 heterocycles. The molecule has 94 valence electrons. The van der Waals surface area contributed by atoms with E-state index in [-0.39, 0.29) is 0 Å². The van der Waals surface area contributed by atoms with Gasteiger partial charge in [-0.05, 0) is 63.6 Å². The summed E-state index contributed by atoms with van der Waals surface area (Å²) in [7, 11) is 0. The minimum absolute atomic E-state index is 0.974. The van der Waals surface area contributed by atoms with Crippen molar-refractivity contribution in [2.45, 2.75) is 45.4 Å². The molecule has 0 bridgehead atoms. The number of hydrogen-bond acceptors (Lipinski definition) is 2. The van der Waals surface area contributed by atoms with Gasteiger partial charge >= 0.3 is 0 Å². The molecule has 16 heavy (non-hydrogen) atoms. The number of piperidine rings is 2. The van der Waals surface area contributed by atoms with E-state index < -0.39 is 0 Å². The SMILES string of the molecule is CCCC1CCCN(CC2CCNCC2)C1. The van der Waals surface area contributed by atoms with Gasteiger partial charge in [0.05, 0.1) is 0 Å². The van der Waals surface area contributed by atoms with Gasteiger partial charge in [0.1, 0.15) is 0 Å². The van der Waals surface area contributed by atoms with Crippen molar-refractivity contribution < 1.29 is 0 Å². The first-order chi connectivity index (χ1) is 7.88. The van der Waals surface area contributed by atoms with Crippen LogP contribution in [0.15, 0.2) is 0 Å². The molecule has 2 aliphatic heterocycles. The van der Waals surface area contributed by atoms with E-state index in [1.807, 2.05) is 0 Å². The summed E-state index contributed by atoms with van der Waals surface area (Å²) in [5, 5.41) is 3.46. The maximum absolute atomic E-state index is 3.46. The van der Waals surface area contributed by atoms with Crippen LogP contribution in [0.1, 0.15) is 45.4 Å². The molecule has 2 fully saturated rings. The molecule has 1 unspecified atom stereocenters. The van der Waals surface area contributed by atoms with Crippen LogP contribution in [0, 0.1) is 11.8 Å². The zero-order valence-corrected chi connectivity index (χ0v) is 10.9. The molecule has 1 N–H and O–H groups in total. The molecular weight excluding hydrogens is 196 g/mol. The Hall–Kier alpha value is -0.0800. The van der Waals surface area contributed by atoms with Gasteiger partial charge in [0.15, 0.2) is 0 Å². The predicted molar refractivity (Wildman–Crippen MR) is 69.7 cm³/mol. The number of nitrogens with one attached hydrogen (secondary N) is 1. The average Bonchev–Trinajstić information content (AvgIpc) is 2.31. The van der Waals surface area contributed by atoms with Crippen molar-refractivity contribution in [3.63, 3.8) is 0 Å². The number of rotatable bonds is 4. The van der Waals surface area contributed by atoms with Crippen molar-refractivity contribution in [3.8, 4) is 0 Å². The van der Waals surface area contributed by atoms with Gasteiger partial charge in [-0.25, -0.2) is 0 Å². The van der Waals surface area contributed by atoms with Crippen LogP contribution in [0.4, 0.5) is 0 Å². The molecule has 0 spiro atoms. The van der Waals surface area contributed by atoms with Gasteiger partial charge in [-0.1, -0.05) is 13.3 Å². The van der Waals surface area contributed by atoms with Gasteiger partial charge < -0.3 is 10.2 Å². The van der Waals surface area contributed by atoms with Crippen LogP contribution in [0.5, 0.6) is 0 Å².